The Bertz CT molecular complexity index is 470. The van der Waals surface area contributed by atoms with E-state index in [1.165, 1.54) is 25.7 Å². The summed E-state index contributed by atoms with van der Waals surface area (Å²) in [6.07, 6.45) is 5.41. The minimum atomic E-state index is -3.12. The van der Waals surface area contributed by atoms with Crippen molar-refractivity contribution in [1.82, 2.24) is 14.9 Å². The lowest BCUT2D eigenvalue weighted by molar-refractivity contribution is 0.299. The minimum absolute atomic E-state index is 0. The Balaban J connectivity index is 0.00000264. The first-order valence-electron chi connectivity index (χ1n) is 8.56. The van der Waals surface area contributed by atoms with Gasteiger partial charge in [-0.15, -0.1) is 24.0 Å². The summed E-state index contributed by atoms with van der Waals surface area (Å²) in [5, 5.41) is 3.34. The van der Waals surface area contributed by atoms with Crippen LogP contribution in [-0.4, -0.2) is 57.8 Å². The number of fused-ring (bicyclic) bond motifs is 1. The van der Waals surface area contributed by atoms with Crippen LogP contribution in [0.3, 0.4) is 0 Å². The van der Waals surface area contributed by atoms with Crippen molar-refractivity contribution in [2.75, 3.05) is 38.5 Å². The molecule has 0 aromatic carbocycles. The number of hydrogen-bond donors (Lipinski definition) is 2. The summed E-state index contributed by atoms with van der Waals surface area (Å²) < 4.78 is 25.4. The summed E-state index contributed by atoms with van der Waals surface area (Å²) >= 11 is 0. The Morgan fingerprint density at radius 2 is 1.78 bits per heavy atom. The van der Waals surface area contributed by atoms with E-state index >= 15 is 0 Å². The van der Waals surface area contributed by atoms with Crippen LogP contribution >= 0.6 is 24.0 Å². The second kappa shape index (κ2) is 10.0. The Labute approximate surface area is 157 Å². The fourth-order valence-electron chi connectivity index (χ4n) is 3.47. The van der Waals surface area contributed by atoms with Gasteiger partial charge in [-0.25, -0.2) is 13.1 Å². The van der Waals surface area contributed by atoms with Crippen LogP contribution in [0.2, 0.25) is 0 Å². The Kier molecular flexibility index (Phi) is 9.13. The average molecular weight is 458 g/mol. The van der Waals surface area contributed by atoms with E-state index in [4.69, 9.17) is 0 Å². The zero-order valence-electron chi connectivity index (χ0n) is 14.3. The van der Waals surface area contributed by atoms with E-state index in [9.17, 15) is 8.42 Å². The highest BCUT2D eigenvalue weighted by Gasteiger charge is 2.35. The van der Waals surface area contributed by atoms with E-state index in [0.717, 1.165) is 37.4 Å². The van der Waals surface area contributed by atoms with Crippen molar-refractivity contribution in [3.63, 3.8) is 0 Å². The van der Waals surface area contributed by atoms with Gasteiger partial charge in [0, 0.05) is 26.2 Å². The van der Waals surface area contributed by atoms with Crippen molar-refractivity contribution < 1.29 is 8.42 Å². The molecule has 2 unspecified atom stereocenters. The second-order valence-corrected chi connectivity index (χ2v) is 8.34. The Morgan fingerprint density at radius 1 is 1.17 bits per heavy atom. The summed E-state index contributed by atoms with van der Waals surface area (Å²) in [5.74, 6) is 2.69. The van der Waals surface area contributed by atoms with E-state index in [1.54, 1.807) is 6.92 Å². The molecule has 8 heteroatoms. The van der Waals surface area contributed by atoms with Gasteiger partial charge >= 0.3 is 0 Å². The van der Waals surface area contributed by atoms with Crippen molar-refractivity contribution >= 4 is 40.0 Å². The lowest BCUT2D eigenvalue weighted by Crippen LogP contribution is -2.41. The van der Waals surface area contributed by atoms with Crippen LogP contribution in [0.1, 0.15) is 39.5 Å². The van der Waals surface area contributed by atoms with Gasteiger partial charge in [0.2, 0.25) is 10.0 Å². The molecule has 0 radical (unpaired) electrons. The van der Waals surface area contributed by atoms with E-state index < -0.39 is 10.0 Å². The van der Waals surface area contributed by atoms with Crippen LogP contribution in [0.5, 0.6) is 0 Å². The summed E-state index contributed by atoms with van der Waals surface area (Å²) in [6.45, 7) is 7.58. The zero-order valence-corrected chi connectivity index (χ0v) is 17.4. The highest BCUT2D eigenvalue weighted by atomic mass is 127. The number of aliphatic imine (C=N–C) groups is 1. The smallest absolute Gasteiger partial charge is 0.211 e. The molecule has 0 spiro atoms. The van der Waals surface area contributed by atoms with Gasteiger partial charge in [-0.05, 0) is 38.5 Å². The van der Waals surface area contributed by atoms with Crippen LogP contribution in [-0.2, 0) is 10.0 Å². The molecule has 2 atom stereocenters. The summed E-state index contributed by atoms with van der Waals surface area (Å²) in [5.41, 5.74) is 0. The summed E-state index contributed by atoms with van der Waals surface area (Å²) in [4.78, 5) is 6.95. The molecule has 1 saturated heterocycles. The SMILES string of the molecule is CCNC(=NCCNS(=O)(=O)CC)N1CC2CCCCC2C1.I. The maximum atomic E-state index is 11.4. The predicted octanol–water partition coefficient (Wildman–Crippen LogP) is 1.63. The highest BCUT2D eigenvalue weighted by Crippen LogP contribution is 2.35. The highest BCUT2D eigenvalue weighted by molar-refractivity contribution is 14.0. The molecule has 136 valence electrons. The molecule has 1 aliphatic heterocycles. The van der Waals surface area contributed by atoms with Crippen molar-refractivity contribution in [2.45, 2.75) is 39.5 Å². The van der Waals surface area contributed by atoms with Crippen molar-refractivity contribution in [3.05, 3.63) is 0 Å². The largest absolute Gasteiger partial charge is 0.357 e. The van der Waals surface area contributed by atoms with Gasteiger partial charge in [0.15, 0.2) is 5.96 Å². The first kappa shape index (κ1) is 21.0. The van der Waals surface area contributed by atoms with Gasteiger partial charge in [-0.2, -0.15) is 0 Å². The van der Waals surface area contributed by atoms with Crippen molar-refractivity contribution in [3.8, 4) is 0 Å². The molecule has 2 aliphatic rings. The maximum Gasteiger partial charge on any atom is 0.211 e. The predicted molar refractivity (Wildman–Crippen MR) is 106 cm³/mol. The molecular formula is C15H31IN4O2S. The molecule has 0 bridgehead atoms. The summed E-state index contributed by atoms with van der Waals surface area (Å²) in [7, 11) is -3.12. The monoisotopic (exact) mass is 458 g/mol. The number of guanidine groups is 1. The van der Waals surface area contributed by atoms with Gasteiger partial charge in [0.25, 0.3) is 0 Å². The molecule has 2 rings (SSSR count). The number of rotatable bonds is 6. The van der Waals surface area contributed by atoms with Gasteiger partial charge in [0.05, 0.1) is 12.3 Å². The van der Waals surface area contributed by atoms with E-state index in [0.29, 0.717) is 13.1 Å². The van der Waals surface area contributed by atoms with E-state index in [-0.39, 0.29) is 29.7 Å². The number of hydrogen-bond acceptors (Lipinski definition) is 3. The molecule has 1 heterocycles. The average Bonchev–Trinajstić information content (AvgIpc) is 2.94. The molecule has 0 amide bonds. The number of nitrogens with one attached hydrogen (secondary N) is 2. The molecule has 6 nitrogen and oxygen atoms in total. The number of likely N-dealkylation sites (tertiary alicyclic amines) is 1. The Morgan fingerprint density at radius 3 is 2.30 bits per heavy atom. The normalized spacial score (nSPS) is 25.0. The molecule has 2 fully saturated rings. The third-order valence-electron chi connectivity index (χ3n) is 4.69. The van der Waals surface area contributed by atoms with Crippen LogP contribution in [0.4, 0.5) is 0 Å². The maximum absolute atomic E-state index is 11.4. The van der Waals surface area contributed by atoms with E-state index in [1.807, 2.05) is 0 Å². The molecule has 0 aromatic rings. The van der Waals surface area contributed by atoms with Crippen molar-refractivity contribution in [2.24, 2.45) is 16.8 Å². The zero-order chi connectivity index (χ0) is 16.0. The quantitative estimate of drug-likeness (QED) is 0.275. The number of sulfonamides is 1. The van der Waals surface area contributed by atoms with Crippen LogP contribution in [0.25, 0.3) is 0 Å². The fraction of sp³-hybridized carbons (Fsp3) is 0.933. The topological polar surface area (TPSA) is 73.8 Å². The van der Waals surface area contributed by atoms with E-state index in [2.05, 4.69) is 26.9 Å². The Hall–Kier alpha value is -0.0900. The van der Waals surface area contributed by atoms with Crippen LogP contribution in [0, 0.1) is 11.8 Å². The third-order valence-corrected chi connectivity index (χ3v) is 6.09. The first-order valence-corrected chi connectivity index (χ1v) is 10.2. The summed E-state index contributed by atoms with van der Waals surface area (Å²) in [6, 6.07) is 0. The van der Waals surface area contributed by atoms with Crippen LogP contribution in [0.15, 0.2) is 4.99 Å². The second-order valence-electron chi connectivity index (χ2n) is 6.24. The standard InChI is InChI=1S/C15H30N4O2S.HI/c1-3-16-15(17-9-10-18-22(20,21)4-2)19-11-13-7-5-6-8-14(13)12-19;/h13-14,18H,3-12H2,1-2H3,(H,16,17);1H. The molecule has 1 aliphatic carbocycles. The number of nitrogens with zero attached hydrogens (tertiary/aromatic N) is 2. The third kappa shape index (κ3) is 6.38. The molecule has 2 N–H and O–H groups in total. The molecule has 1 saturated carbocycles. The fourth-order valence-corrected chi connectivity index (χ4v) is 4.08. The lowest BCUT2D eigenvalue weighted by atomic mass is 9.82. The van der Waals surface area contributed by atoms with Crippen LogP contribution < -0.4 is 10.0 Å². The van der Waals surface area contributed by atoms with Gasteiger partial charge < -0.3 is 10.2 Å². The van der Waals surface area contributed by atoms with Crippen molar-refractivity contribution in [1.29, 1.82) is 0 Å². The first-order chi connectivity index (χ1) is 10.6. The van der Waals surface area contributed by atoms with Gasteiger partial charge in [-0.3, -0.25) is 4.99 Å². The molecule has 23 heavy (non-hydrogen) atoms. The van der Waals surface area contributed by atoms with Gasteiger partial charge in [-0.1, -0.05) is 12.8 Å². The van der Waals surface area contributed by atoms with Gasteiger partial charge in [0.1, 0.15) is 0 Å². The molecular weight excluding hydrogens is 427 g/mol. The number of halogens is 1. The minimum Gasteiger partial charge on any atom is -0.357 e. The molecule has 0 aromatic heterocycles. The lowest BCUT2D eigenvalue weighted by Gasteiger charge is -2.22.